The summed E-state index contributed by atoms with van der Waals surface area (Å²) in [5.41, 5.74) is 2.54. The van der Waals surface area contributed by atoms with Gasteiger partial charge < -0.3 is 10.1 Å². The van der Waals surface area contributed by atoms with E-state index in [0.717, 1.165) is 28.4 Å². The van der Waals surface area contributed by atoms with Crippen LogP contribution in [0, 0.1) is 0 Å². The molecule has 1 aliphatic heterocycles. The second-order valence-corrected chi connectivity index (χ2v) is 5.26. The predicted octanol–water partition coefficient (Wildman–Crippen LogP) is 3.35. The minimum absolute atomic E-state index is 0.624. The van der Waals surface area contributed by atoms with Crippen LogP contribution in [0.5, 0.6) is 5.75 Å². The van der Waals surface area contributed by atoms with Gasteiger partial charge in [0.15, 0.2) is 5.66 Å². The van der Waals surface area contributed by atoms with Crippen molar-refractivity contribution in [2.45, 2.75) is 19.5 Å². The summed E-state index contributed by atoms with van der Waals surface area (Å²) in [5, 5.41) is 6.75. The average Bonchev–Trinajstić information content (AvgIpc) is 2.55. The van der Waals surface area contributed by atoms with E-state index in [9.17, 15) is 0 Å². The molecular formula is C18H21N3O. The van der Waals surface area contributed by atoms with E-state index in [2.05, 4.69) is 28.8 Å². The lowest BCUT2D eigenvalue weighted by Gasteiger charge is -2.37. The van der Waals surface area contributed by atoms with Crippen molar-refractivity contribution < 1.29 is 4.74 Å². The number of nitrogens with one attached hydrogen (secondary N) is 2. The molecular weight excluding hydrogens is 274 g/mol. The van der Waals surface area contributed by atoms with Gasteiger partial charge >= 0.3 is 0 Å². The lowest BCUT2D eigenvalue weighted by molar-refractivity contribution is 0.323. The number of anilines is 1. The van der Waals surface area contributed by atoms with Crippen LogP contribution < -0.4 is 15.4 Å². The van der Waals surface area contributed by atoms with Gasteiger partial charge in [-0.15, -0.1) is 0 Å². The average molecular weight is 295 g/mol. The lowest BCUT2D eigenvalue weighted by Crippen LogP contribution is -2.44. The molecule has 0 aliphatic carbocycles. The van der Waals surface area contributed by atoms with Crippen LogP contribution in [0.25, 0.3) is 0 Å². The van der Waals surface area contributed by atoms with Gasteiger partial charge in [-0.2, -0.15) is 0 Å². The molecule has 0 radical (unpaired) electrons. The second-order valence-electron chi connectivity index (χ2n) is 5.26. The van der Waals surface area contributed by atoms with Crippen LogP contribution in [-0.4, -0.2) is 19.5 Å². The van der Waals surface area contributed by atoms with E-state index in [-0.39, 0.29) is 0 Å². The van der Waals surface area contributed by atoms with Crippen LogP contribution in [0.2, 0.25) is 0 Å². The van der Waals surface area contributed by atoms with E-state index in [0.29, 0.717) is 6.61 Å². The van der Waals surface area contributed by atoms with Gasteiger partial charge in [-0.1, -0.05) is 36.4 Å². The van der Waals surface area contributed by atoms with Crippen LogP contribution in [0.1, 0.15) is 25.0 Å². The first-order chi connectivity index (χ1) is 10.7. The third-order valence-corrected chi connectivity index (χ3v) is 3.91. The van der Waals surface area contributed by atoms with E-state index in [1.807, 2.05) is 51.2 Å². The van der Waals surface area contributed by atoms with Crippen LogP contribution in [0.15, 0.2) is 53.5 Å². The topological polar surface area (TPSA) is 45.6 Å². The summed E-state index contributed by atoms with van der Waals surface area (Å²) in [6, 6.07) is 16.3. The summed E-state index contributed by atoms with van der Waals surface area (Å²) in [4.78, 5) is 4.90. The highest BCUT2D eigenvalue weighted by Gasteiger charge is 2.39. The standard InChI is InChI=1S/C18H21N3O/c1-4-22-17-12-8-6-10-15(17)18(19-3)14-9-5-7-11-16(14)20-13(2)21-18/h5-12,19H,4H2,1-3H3,(H,20,21). The minimum Gasteiger partial charge on any atom is -0.493 e. The number of para-hydroxylation sites is 2. The molecule has 0 saturated heterocycles. The number of rotatable bonds is 4. The number of hydrogen-bond donors (Lipinski definition) is 2. The molecule has 0 aromatic heterocycles. The fraction of sp³-hybridized carbons (Fsp3) is 0.278. The normalized spacial score (nSPS) is 19.9. The Balaban J connectivity index is 2.26. The van der Waals surface area contributed by atoms with Crippen molar-refractivity contribution in [1.29, 1.82) is 0 Å². The lowest BCUT2D eigenvalue weighted by atomic mass is 9.88. The molecule has 0 fully saturated rings. The Morgan fingerprint density at radius 1 is 1.09 bits per heavy atom. The Bertz CT molecular complexity index is 711. The maximum atomic E-state index is 5.84. The number of aliphatic imine (C=N–C) groups is 1. The van der Waals surface area contributed by atoms with E-state index >= 15 is 0 Å². The second kappa shape index (κ2) is 5.81. The van der Waals surface area contributed by atoms with Crippen molar-refractivity contribution in [3.8, 4) is 5.75 Å². The van der Waals surface area contributed by atoms with Crippen molar-refractivity contribution in [3.63, 3.8) is 0 Å². The van der Waals surface area contributed by atoms with Gasteiger partial charge in [0.2, 0.25) is 0 Å². The first kappa shape index (κ1) is 14.6. The predicted molar refractivity (Wildman–Crippen MR) is 90.6 cm³/mol. The molecule has 1 atom stereocenters. The largest absolute Gasteiger partial charge is 0.493 e. The zero-order valence-electron chi connectivity index (χ0n) is 13.2. The minimum atomic E-state index is -0.641. The molecule has 114 valence electrons. The smallest absolute Gasteiger partial charge is 0.169 e. The summed E-state index contributed by atoms with van der Waals surface area (Å²) in [5.74, 6) is 1.73. The molecule has 1 unspecified atom stereocenters. The summed E-state index contributed by atoms with van der Waals surface area (Å²) in [6.45, 7) is 4.60. The van der Waals surface area contributed by atoms with Gasteiger partial charge in [-0.3, -0.25) is 5.32 Å². The molecule has 0 bridgehead atoms. The van der Waals surface area contributed by atoms with Gasteiger partial charge in [-0.25, -0.2) is 4.99 Å². The van der Waals surface area contributed by atoms with Crippen LogP contribution >= 0.6 is 0 Å². The zero-order valence-corrected chi connectivity index (χ0v) is 13.2. The molecule has 4 heteroatoms. The Kier molecular flexibility index (Phi) is 3.86. The zero-order chi connectivity index (χ0) is 15.6. The molecule has 4 nitrogen and oxygen atoms in total. The quantitative estimate of drug-likeness (QED) is 0.909. The van der Waals surface area contributed by atoms with Crippen molar-refractivity contribution in [3.05, 3.63) is 59.7 Å². The van der Waals surface area contributed by atoms with E-state index in [1.165, 1.54) is 0 Å². The first-order valence-electron chi connectivity index (χ1n) is 7.55. The summed E-state index contributed by atoms with van der Waals surface area (Å²) >= 11 is 0. The third kappa shape index (κ3) is 2.25. The summed E-state index contributed by atoms with van der Waals surface area (Å²) < 4.78 is 5.84. The van der Waals surface area contributed by atoms with Gasteiger partial charge in [-0.05, 0) is 33.0 Å². The van der Waals surface area contributed by atoms with Crippen LogP contribution in [0.3, 0.4) is 0 Å². The molecule has 2 aromatic carbocycles. The molecule has 2 aromatic rings. The number of hydrogen-bond acceptors (Lipinski definition) is 4. The highest BCUT2D eigenvalue weighted by Crippen LogP contribution is 2.42. The van der Waals surface area contributed by atoms with Gasteiger partial charge in [0.25, 0.3) is 0 Å². The SMILES string of the molecule is CCOc1ccccc1C1(NC)N=C(C)Nc2ccccc21. The van der Waals surface area contributed by atoms with Crippen molar-refractivity contribution in [2.75, 3.05) is 19.0 Å². The molecule has 22 heavy (non-hydrogen) atoms. The first-order valence-corrected chi connectivity index (χ1v) is 7.55. The highest BCUT2D eigenvalue weighted by molar-refractivity contribution is 5.97. The van der Waals surface area contributed by atoms with Crippen molar-refractivity contribution >= 4 is 11.5 Å². The summed E-state index contributed by atoms with van der Waals surface area (Å²) in [7, 11) is 1.93. The Hall–Kier alpha value is -2.33. The Morgan fingerprint density at radius 3 is 2.50 bits per heavy atom. The molecule has 1 aliphatic rings. The van der Waals surface area contributed by atoms with E-state index in [4.69, 9.17) is 9.73 Å². The number of benzene rings is 2. The molecule has 0 saturated carbocycles. The summed E-state index contributed by atoms with van der Waals surface area (Å²) in [6.07, 6.45) is 0. The number of fused-ring (bicyclic) bond motifs is 1. The van der Waals surface area contributed by atoms with Crippen molar-refractivity contribution in [1.82, 2.24) is 5.32 Å². The fourth-order valence-corrected chi connectivity index (χ4v) is 3.02. The van der Waals surface area contributed by atoms with Crippen molar-refractivity contribution in [2.24, 2.45) is 4.99 Å². The molecule has 0 spiro atoms. The van der Waals surface area contributed by atoms with Gasteiger partial charge in [0.05, 0.1) is 6.61 Å². The van der Waals surface area contributed by atoms with Crippen LogP contribution in [0.4, 0.5) is 5.69 Å². The number of amidine groups is 1. The third-order valence-electron chi connectivity index (χ3n) is 3.91. The van der Waals surface area contributed by atoms with E-state index < -0.39 is 5.66 Å². The Labute approximate surface area is 131 Å². The molecule has 3 rings (SSSR count). The van der Waals surface area contributed by atoms with Gasteiger partial charge in [0.1, 0.15) is 11.6 Å². The van der Waals surface area contributed by atoms with Gasteiger partial charge in [0, 0.05) is 16.8 Å². The van der Waals surface area contributed by atoms with E-state index in [1.54, 1.807) is 0 Å². The molecule has 1 heterocycles. The fourth-order valence-electron chi connectivity index (χ4n) is 3.02. The monoisotopic (exact) mass is 295 g/mol. The number of ether oxygens (including phenoxy) is 1. The molecule has 2 N–H and O–H groups in total. The maximum absolute atomic E-state index is 5.84. The van der Waals surface area contributed by atoms with Crippen LogP contribution in [-0.2, 0) is 5.66 Å². The Morgan fingerprint density at radius 2 is 1.77 bits per heavy atom. The number of nitrogens with zero attached hydrogens (tertiary/aromatic N) is 1. The highest BCUT2D eigenvalue weighted by atomic mass is 16.5. The maximum Gasteiger partial charge on any atom is 0.169 e. The molecule has 0 amide bonds.